The molecule has 0 radical (unpaired) electrons. The third-order valence-electron chi connectivity index (χ3n) is 5.40. The zero-order valence-corrected chi connectivity index (χ0v) is 20.4. The highest BCUT2D eigenvalue weighted by molar-refractivity contribution is 7.90. The Balaban J connectivity index is 1.76. The van der Waals surface area contributed by atoms with Gasteiger partial charge in [0, 0.05) is 30.6 Å². The standard InChI is InChI=1S/C24H22ClF2N3O4S/c1-28-13-17-14-30(35(31,32)19-7-5-18(6-8-19)34-24(26)27)21-12-15(3-9-20(17)21)11-16-4-10-22(33-2)29-23(16)25/h3-10,12,14,24,28H,11,13H2,1-2H3. The molecule has 0 fully saturated rings. The quantitative estimate of drug-likeness (QED) is 0.317. The lowest BCUT2D eigenvalue weighted by atomic mass is 10.0. The molecule has 35 heavy (non-hydrogen) atoms. The first-order valence-electron chi connectivity index (χ1n) is 10.5. The number of alkyl halides is 2. The molecule has 184 valence electrons. The molecule has 7 nitrogen and oxygen atoms in total. The van der Waals surface area contributed by atoms with Crippen LogP contribution in [-0.2, 0) is 23.0 Å². The average Bonchev–Trinajstić information content (AvgIpc) is 3.19. The predicted molar refractivity (Wildman–Crippen MR) is 129 cm³/mol. The van der Waals surface area contributed by atoms with Gasteiger partial charge in [-0.2, -0.15) is 8.78 Å². The van der Waals surface area contributed by atoms with E-state index < -0.39 is 16.6 Å². The summed E-state index contributed by atoms with van der Waals surface area (Å²) < 4.78 is 62.5. The molecule has 2 heterocycles. The highest BCUT2D eigenvalue weighted by Crippen LogP contribution is 2.30. The summed E-state index contributed by atoms with van der Waals surface area (Å²) in [4.78, 5) is 4.12. The molecule has 2 aromatic carbocycles. The largest absolute Gasteiger partial charge is 0.481 e. The minimum Gasteiger partial charge on any atom is -0.481 e. The predicted octanol–water partition coefficient (Wildman–Crippen LogP) is 4.85. The summed E-state index contributed by atoms with van der Waals surface area (Å²) in [5.74, 6) is 0.273. The molecule has 0 spiro atoms. The Kier molecular flexibility index (Phi) is 7.25. The second-order valence-corrected chi connectivity index (χ2v) is 9.84. The van der Waals surface area contributed by atoms with Gasteiger partial charge >= 0.3 is 6.61 Å². The second-order valence-electron chi connectivity index (χ2n) is 7.67. The number of aromatic nitrogens is 2. The van der Waals surface area contributed by atoms with Crippen LogP contribution in [0.1, 0.15) is 16.7 Å². The van der Waals surface area contributed by atoms with Crippen LogP contribution >= 0.6 is 11.6 Å². The van der Waals surface area contributed by atoms with Crippen LogP contribution in [0, 0.1) is 0 Å². The van der Waals surface area contributed by atoms with E-state index in [-0.39, 0.29) is 10.6 Å². The molecule has 0 amide bonds. The Morgan fingerprint density at radius 1 is 1.09 bits per heavy atom. The summed E-state index contributed by atoms with van der Waals surface area (Å²) >= 11 is 6.29. The SMILES string of the molecule is CNCc1cn(S(=O)(=O)c2ccc(OC(F)F)cc2)c2cc(Cc3ccc(OC)nc3Cl)ccc12. The van der Waals surface area contributed by atoms with Crippen LogP contribution < -0.4 is 14.8 Å². The van der Waals surface area contributed by atoms with Gasteiger partial charge in [-0.25, -0.2) is 17.4 Å². The van der Waals surface area contributed by atoms with Gasteiger partial charge in [-0.3, -0.25) is 0 Å². The van der Waals surface area contributed by atoms with Crippen molar-refractivity contribution in [1.29, 1.82) is 0 Å². The van der Waals surface area contributed by atoms with E-state index >= 15 is 0 Å². The highest BCUT2D eigenvalue weighted by atomic mass is 35.5. The average molecular weight is 522 g/mol. The molecule has 0 aliphatic rings. The maximum absolute atomic E-state index is 13.5. The number of rotatable bonds is 9. The maximum atomic E-state index is 13.5. The van der Waals surface area contributed by atoms with Gasteiger partial charge in [0.05, 0.1) is 17.5 Å². The summed E-state index contributed by atoms with van der Waals surface area (Å²) in [5, 5.41) is 4.11. The number of hydrogen-bond donors (Lipinski definition) is 1. The van der Waals surface area contributed by atoms with Crippen LogP contribution in [0.2, 0.25) is 5.15 Å². The summed E-state index contributed by atoms with van der Waals surface area (Å²) in [6.07, 6.45) is 1.99. The molecule has 0 aliphatic heterocycles. The van der Waals surface area contributed by atoms with Gasteiger partial charge in [-0.15, -0.1) is 0 Å². The van der Waals surface area contributed by atoms with E-state index in [0.29, 0.717) is 29.5 Å². The zero-order valence-electron chi connectivity index (χ0n) is 18.8. The van der Waals surface area contributed by atoms with E-state index in [0.717, 1.165) is 22.1 Å². The van der Waals surface area contributed by atoms with Gasteiger partial charge in [0.15, 0.2) is 0 Å². The number of nitrogens with zero attached hydrogens (tertiary/aromatic N) is 2. The van der Waals surface area contributed by atoms with Gasteiger partial charge in [0.2, 0.25) is 5.88 Å². The Morgan fingerprint density at radius 2 is 1.83 bits per heavy atom. The van der Waals surface area contributed by atoms with Crippen molar-refractivity contribution in [3.8, 4) is 11.6 Å². The van der Waals surface area contributed by atoms with Crippen molar-refractivity contribution in [3.05, 3.63) is 82.6 Å². The van der Waals surface area contributed by atoms with E-state index in [2.05, 4.69) is 15.0 Å². The lowest BCUT2D eigenvalue weighted by Crippen LogP contribution is -2.12. The second kappa shape index (κ2) is 10.2. The van der Waals surface area contributed by atoms with Crippen molar-refractivity contribution in [3.63, 3.8) is 0 Å². The van der Waals surface area contributed by atoms with Gasteiger partial charge in [-0.05, 0) is 54.1 Å². The van der Waals surface area contributed by atoms with Crippen LogP contribution in [0.5, 0.6) is 11.6 Å². The van der Waals surface area contributed by atoms with Crippen molar-refractivity contribution in [2.75, 3.05) is 14.2 Å². The van der Waals surface area contributed by atoms with Gasteiger partial charge in [0.1, 0.15) is 10.9 Å². The lowest BCUT2D eigenvalue weighted by Gasteiger charge is -2.10. The van der Waals surface area contributed by atoms with Crippen LogP contribution in [0.25, 0.3) is 10.9 Å². The normalized spacial score (nSPS) is 11.8. The van der Waals surface area contributed by atoms with Crippen LogP contribution in [-0.4, -0.2) is 38.1 Å². The maximum Gasteiger partial charge on any atom is 0.387 e. The topological polar surface area (TPSA) is 82.5 Å². The Bertz CT molecular complexity index is 1460. The van der Waals surface area contributed by atoms with Crippen molar-refractivity contribution < 1.29 is 26.7 Å². The van der Waals surface area contributed by atoms with Crippen LogP contribution in [0.4, 0.5) is 8.78 Å². The summed E-state index contributed by atoms with van der Waals surface area (Å²) in [7, 11) is -0.751. The molecule has 0 saturated carbocycles. The van der Waals surface area contributed by atoms with Gasteiger partial charge < -0.3 is 14.8 Å². The molecule has 2 aromatic heterocycles. The number of halogens is 3. The van der Waals surface area contributed by atoms with Crippen LogP contribution in [0.3, 0.4) is 0 Å². The molecule has 4 aromatic rings. The molecule has 4 rings (SSSR count). The smallest absolute Gasteiger partial charge is 0.387 e. The van der Waals surface area contributed by atoms with E-state index in [1.807, 2.05) is 18.2 Å². The minimum absolute atomic E-state index is 0.0557. The Morgan fingerprint density at radius 3 is 2.46 bits per heavy atom. The van der Waals surface area contributed by atoms with E-state index in [1.54, 1.807) is 25.4 Å². The molecule has 1 N–H and O–H groups in total. The number of nitrogens with one attached hydrogen (secondary N) is 1. The molecular weight excluding hydrogens is 500 g/mol. The fraction of sp³-hybridized carbons (Fsp3) is 0.208. The fourth-order valence-electron chi connectivity index (χ4n) is 3.77. The third-order valence-corrected chi connectivity index (χ3v) is 7.41. The summed E-state index contributed by atoms with van der Waals surface area (Å²) in [6.45, 7) is -2.55. The Hall–Kier alpha value is -3.21. The monoisotopic (exact) mass is 521 g/mol. The number of pyridine rings is 1. The molecule has 0 unspecified atom stereocenters. The first kappa shape index (κ1) is 24.9. The third kappa shape index (κ3) is 5.24. The zero-order chi connectivity index (χ0) is 25.2. The highest BCUT2D eigenvalue weighted by Gasteiger charge is 2.22. The first-order valence-corrected chi connectivity index (χ1v) is 12.3. The number of fused-ring (bicyclic) bond motifs is 1. The number of benzene rings is 2. The number of methoxy groups -OCH3 is 1. The molecule has 11 heteroatoms. The lowest BCUT2D eigenvalue weighted by molar-refractivity contribution is -0.0498. The number of hydrogen-bond acceptors (Lipinski definition) is 6. The first-order chi connectivity index (χ1) is 16.7. The van der Waals surface area contributed by atoms with Gasteiger partial charge in [-0.1, -0.05) is 29.8 Å². The molecule has 0 bridgehead atoms. The van der Waals surface area contributed by atoms with Crippen molar-refractivity contribution >= 4 is 32.5 Å². The summed E-state index contributed by atoms with van der Waals surface area (Å²) in [6, 6.07) is 14.0. The number of ether oxygens (including phenoxy) is 2. The van der Waals surface area contributed by atoms with Crippen molar-refractivity contribution in [1.82, 2.24) is 14.3 Å². The molecule has 0 atom stereocenters. The van der Waals surface area contributed by atoms with Gasteiger partial charge in [0.25, 0.3) is 10.0 Å². The summed E-state index contributed by atoms with van der Waals surface area (Å²) in [5.41, 5.74) is 2.87. The Labute approximate surface area is 206 Å². The fourth-order valence-corrected chi connectivity index (χ4v) is 5.37. The van der Waals surface area contributed by atoms with E-state index in [1.165, 1.54) is 35.3 Å². The van der Waals surface area contributed by atoms with Crippen LogP contribution in [0.15, 0.2) is 65.7 Å². The van der Waals surface area contributed by atoms with E-state index in [4.69, 9.17) is 16.3 Å². The minimum atomic E-state index is -4.02. The van der Waals surface area contributed by atoms with Crippen molar-refractivity contribution in [2.45, 2.75) is 24.5 Å². The van der Waals surface area contributed by atoms with E-state index in [9.17, 15) is 17.2 Å². The van der Waals surface area contributed by atoms with Crippen molar-refractivity contribution in [2.24, 2.45) is 0 Å². The molecular formula is C24H22ClF2N3O4S. The molecule has 0 saturated heterocycles. The molecule has 0 aliphatic carbocycles.